The molecule has 0 atom stereocenters. The molecule has 21 heavy (non-hydrogen) atoms. The Morgan fingerprint density at radius 1 is 1.19 bits per heavy atom. The fourth-order valence-electron chi connectivity index (χ4n) is 1.78. The third-order valence-corrected chi connectivity index (χ3v) is 3.91. The lowest BCUT2D eigenvalue weighted by Crippen LogP contribution is -2.28. The molecule has 0 spiro atoms. The monoisotopic (exact) mass is 305 g/mol. The third kappa shape index (κ3) is 3.87. The summed E-state index contributed by atoms with van der Waals surface area (Å²) in [4.78, 5) is 17.7. The van der Waals surface area contributed by atoms with Crippen molar-refractivity contribution in [1.82, 2.24) is 4.98 Å². The van der Waals surface area contributed by atoms with Gasteiger partial charge in [0.15, 0.2) is 0 Å². The van der Waals surface area contributed by atoms with E-state index in [2.05, 4.69) is 4.98 Å². The molecule has 0 aliphatic rings. The first-order valence-electron chi connectivity index (χ1n) is 6.17. The summed E-state index contributed by atoms with van der Waals surface area (Å²) < 4.78 is 22.4. The van der Waals surface area contributed by atoms with Crippen molar-refractivity contribution in [2.45, 2.75) is 11.3 Å². The van der Waals surface area contributed by atoms with Crippen LogP contribution >= 0.6 is 0 Å². The van der Waals surface area contributed by atoms with Crippen molar-refractivity contribution in [2.24, 2.45) is 5.14 Å². The van der Waals surface area contributed by atoms with Gasteiger partial charge in [0, 0.05) is 24.6 Å². The standard InChI is InChI=1S/C14H15N3O3S/c1-17(14(18)10-11-4-2-3-9-16-11)12-5-7-13(8-6-12)21(15,19)20/h2-9H,10H2,1H3,(H2,15,19,20). The quantitative estimate of drug-likeness (QED) is 0.909. The van der Waals surface area contributed by atoms with Gasteiger partial charge in [-0.3, -0.25) is 9.78 Å². The minimum Gasteiger partial charge on any atom is -0.315 e. The van der Waals surface area contributed by atoms with Gasteiger partial charge >= 0.3 is 0 Å². The highest BCUT2D eigenvalue weighted by molar-refractivity contribution is 7.89. The van der Waals surface area contributed by atoms with Crippen molar-refractivity contribution in [3.63, 3.8) is 0 Å². The van der Waals surface area contributed by atoms with E-state index in [9.17, 15) is 13.2 Å². The zero-order valence-corrected chi connectivity index (χ0v) is 12.2. The van der Waals surface area contributed by atoms with Crippen LogP contribution in [0.25, 0.3) is 0 Å². The van der Waals surface area contributed by atoms with E-state index in [1.54, 1.807) is 25.4 Å². The number of carbonyl (C=O) groups is 1. The molecule has 1 heterocycles. The lowest BCUT2D eigenvalue weighted by Gasteiger charge is -2.17. The molecule has 1 aromatic carbocycles. The largest absolute Gasteiger partial charge is 0.315 e. The molecule has 7 heteroatoms. The topological polar surface area (TPSA) is 93.4 Å². The normalized spacial score (nSPS) is 11.1. The second-order valence-electron chi connectivity index (χ2n) is 4.49. The van der Waals surface area contributed by atoms with Crippen LogP contribution in [-0.2, 0) is 21.2 Å². The highest BCUT2D eigenvalue weighted by atomic mass is 32.2. The molecule has 0 aliphatic carbocycles. The molecule has 0 radical (unpaired) electrons. The molecular weight excluding hydrogens is 290 g/mol. The third-order valence-electron chi connectivity index (χ3n) is 2.99. The molecule has 0 saturated carbocycles. The lowest BCUT2D eigenvalue weighted by molar-refractivity contribution is -0.117. The number of benzene rings is 1. The van der Waals surface area contributed by atoms with E-state index in [4.69, 9.17) is 5.14 Å². The van der Waals surface area contributed by atoms with Gasteiger partial charge in [-0.15, -0.1) is 0 Å². The van der Waals surface area contributed by atoms with Gasteiger partial charge in [0.05, 0.1) is 11.3 Å². The van der Waals surface area contributed by atoms with Crippen LogP contribution in [0, 0.1) is 0 Å². The molecule has 1 amide bonds. The van der Waals surface area contributed by atoms with Crippen LogP contribution < -0.4 is 10.0 Å². The number of likely N-dealkylation sites (N-methyl/N-ethyl adjacent to an activating group) is 1. The fourth-order valence-corrected chi connectivity index (χ4v) is 2.30. The summed E-state index contributed by atoms with van der Waals surface area (Å²) in [5.41, 5.74) is 1.26. The minimum absolute atomic E-state index is 0.0109. The van der Waals surface area contributed by atoms with Crippen LogP contribution in [0.15, 0.2) is 53.6 Å². The number of amides is 1. The van der Waals surface area contributed by atoms with Gasteiger partial charge in [-0.25, -0.2) is 13.6 Å². The first-order chi connectivity index (χ1) is 9.88. The number of carbonyl (C=O) groups excluding carboxylic acids is 1. The Balaban J connectivity index is 2.12. The SMILES string of the molecule is CN(C(=O)Cc1ccccn1)c1ccc(S(N)(=O)=O)cc1. The summed E-state index contributed by atoms with van der Waals surface area (Å²) in [6, 6.07) is 11.2. The minimum atomic E-state index is -3.73. The number of nitrogens with two attached hydrogens (primary N) is 1. The number of rotatable bonds is 4. The van der Waals surface area contributed by atoms with Crippen LogP contribution in [0.5, 0.6) is 0 Å². The van der Waals surface area contributed by atoms with Crippen molar-refractivity contribution in [2.75, 3.05) is 11.9 Å². The smallest absolute Gasteiger partial charge is 0.238 e. The van der Waals surface area contributed by atoms with E-state index in [1.807, 2.05) is 6.07 Å². The number of nitrogens with zero attached hydrogens (tertiary/aromatic N) is 2. The Morgan fingerprint density at radius 2 is 1.86 bits per heavy atom. The molecule has 6 nitrogen and oxygen atoms in total. The van der Waals surface area contributed by atoms with Crippen molar-refractivity contribution in [1.29, 1.82) is 0 Å². The number of hydrogen-bond acceptors (Lipinski definition) is 4. The van der Waals surface area contributed by atoms with E-state index >= 15 is 0 Å². The predicted molar refractivity (Wildman–Crippen MR) is 79.2 cm³/mol. The van der Waals surface area contributed by atoms with Gasteiger partial charge in [-0.1, -0.05) is 6.07 Å². The van der Waals surface area contributed by atoms with Crippen LogP contribution in [0.1, 0.15) is 5.69 Å². The first-order valence-corrected chi connectivity index (χ1v) is 7.72. The average molecular weight is 305 g/mol. The Morgan fingerprint density at radius 3 is 2.38 bits per heavy atom. The average Bonchev–Trinajstić information content (AvgIpc) is 2.46. The van der Waals surface area contributed by atoms with Gasteiger partial charge in [0.25, 0.3) is 0 Å². The van der Waals surface area contributed by atoms with Crippen LogP contribution in [-0.4, -0.2) is 26.4 Å². The number of pyridine rings is 1. The van der Waals surface area contributed by atoms with Gasteiger partial charge in [0.2, 0.25) is 15.9 Å². The summed E-state index contributed by atoms with van der Waals surface area (Å²) >= 11 is 0. The molecule has 1 aromatic heterocycles. The second-order valence-corrected chi connectivity index (χ2v) is 6.05. The first kappa shape index (κ1) is 15.1. The molecule has 2 aromatic rings. The number of primary sulfonamides is 1. The van der Waals surface area contributed by atoms with E-state index in [1.165, 1.54) is 29.2 Å². The number of aromatic nitrogens is 1. The second kappa shape index (κ2) is 6.02. The van der Waals surface area contributed by atoms with Gasteiger partial charge in [-0.2, -0.15) is 0 Å². The van der Waals surface area contributed by atoms with E-state index in [0.29, 0.717) is 11.4 Å². The number of sulfonamides is 1. The molecule has 110 valence electrons. The zero-order chi connectivity index (χ0) is 15.5. The fraction of sp³-hybridized carbons (Fsp3) is 0.143. The summed E-state index contributed by atoms with van der Waals surface area (Å²) in [7, 11) is -2.11. The Labute approximate surface area is 123 Å². The molecular formula is C14H15N3O3S. The van der Waals surface area contributed by atoms with Crippen molar-refractivity contribution >= 4 is 21.6 Å². The van der Waals surface area contributed by atoms with Gasteiger partial charge in [-0.05, 0) is 36.4 Å². The van der Waals surface area contributed by atoms with E-state index in [0.717, 1.165) is 0 Å². The lowest BCUT2D eigenvalue weighted by atomic mass is 10.2. The van der Waals surface area contributed by atoms with E-state index < -0.39 is 10.0 Å². The van der Waals surface area contributed by atoms with Crippen LogP contribution in [0.2, 0.25) is 0 Å². The van der Waals surface area contributed by atoms with Gasteiger partial charge in [0.1, 0.15) is 0 Å². The molecule has 0 bridgehead atoms. The molecule has 0 unspecified atom stereocenters. The molecule has 0 aliphatic heterocycles. The predicted octanol–water partition coefficient (Wildman–Crippen LogP) is 0.934. The summed E-state index contributed by atoms with van der Waals surface area (Å²) in [5.74, 6) is -0.142. The maximum absolute atomic E-state index is 12.1. The number of anilines is 1. The van der Waals surface area contributed by atoms with Crippen molar-refractivity contribution in [3.05, 3.63) is 54.4 Å². The summed E-state index contributed by atoms with van der Waals surface area (Å²) in [6.07, 6.45) is 1.80. The number of hydrogen-bond donors (Lipinski definition) is 1. The molecule has 2 N–H and O–H groups in total. The van der Waals surface area contributed by atoms with Crippen LogP contribution in [0.4, 0.5) is 5.69 Å². The van der Waals surface area contributed by atoms with Crippen molar-refractivity contribution < 1.29 is 13.2 Å². The molecule has 0 saturated heterocycles. The van der Waals surface area contributed by atoms with Crippen molar-refractivity contribution in [3.8, 4) is 0 Å². The zero-order valence-electron chi connectivity index (χ0n) is 11.4. The summed E-state index contributed by atoms with van der Waals surface area (Å²) in [6.45, 7) is 0. The highest BCUT2D eigenvalue weighted by Crippen LogP contribution is 2.17. The maximum atomic E-state index is 12.1. The Hall–Kier alpha value is -2.25. The maximum Gasteiger partial charge on any atom is 0.238 e. The van der Waals surface area contributed by atoms with Crippen LogP contribution in [0.3, 0.4) is 0 Å². The molecule has 2 rings (SSSR count). The van der Waals surface area contributed by atoms with Gasteiger partial charge < -0.3 is 4.90 Å². The Kier molecular flexibility index (Phi) is 4.35. The van der Waals surface area contributed by atoms with E-state index in [-0.39, 0.29) is 17.2 Å². The molecule has 0 fully saturated rings. The Bertz CT molecular complexity index is 728. The highest BCUT2D eigenvalue weighted by Gasteiger charge is 2.13. The summed E-state index contributed by atoms with van der Waals surface area (Å²) in [5, 5.41) is 5.03.